The summed E-state index contributed by atoms with van der Waals surface area (Å²) >= 11 is 0. The number of fused-ring (bicyclic) bond motifs is 1. The van der Waals surface area contributed by atoms with Crippen LogP contribution in [0.25, 0.3) is 0 Å². The smallest absolute Gasteiger partial charge is 0.255 e. The van der Waals surface area contributed by atoms with Gasteiger partial charge in [-0.15, -0.1) is 0 Å². The minimum absolute atomic E-state index is 0.0542. The molecule has 2 saturated heterocycles. The molecule has 8 nitrogen and oxygen atoms in total. The van der Waals surface area contributed by atoms with Crippen LogP contribution in [-0.2, 0) is 22.7 Å². The summed E-state index contributed by atoms with van der Waals surface area (Å²) in [4.78, 5) is 40.6. The Hall–Kier alpha value is -2.29. The van der Waals surface area contributed by atoms with Crippen LogP contribution in [0.2, 0.25) is 0 Å². The van der Waals surface area contributed by atoms with Gasteiger partial charge in [0.05, 0.1) is 12.1 Å². The van der Waals surface area contributed by atoms with E-state index in [-0.39, 0.29) is 36.3 Å². The summed E-state index contributed by atoms with van der Waals surface area (Å²) in [5, 5.41) is 15.3. The van der Waals surface area contributed by atoms with Crippen LogP contribution in [0.3, 0.4) is 0 Å². The van der Waals surface area contributed by atoms with Gasteiger partial charge < -0.3 is 15.3 Å². The van der Waals surface area contributed by atoms with Crippen molar-refractivity contribution in [2.45, 2.75) is 44.4 Å². The summed E-state index contributed by atoms with van der Waals surface area (Å²) in [5.41, 5.74) is 2.20. The number of benzene rings is 1. The third kappa shape index (κ3) is 3.43. The van der Waals surface area contributed by atoms with Crippen LogP contribution in [0.1, 0.15) is 41.3 Å². The number of rotatable bonds is 4. The van der Waals surface area contributed by atoms with E-state index < -0.39 is 6.04 Å². The largest absolute Gasteiger partial charge is 0.394 e. The lowest BCUT2D eigenvalue weighted by Crippen LogP contribution is -2.60. The van der Waals surface area contributed by atoms with Crippen molar-refractivity contribution in [2.24, 2.45) is 0 Å². The normalized spacial score (nSPS) is 28.4. The minimum atomic E-state index is -0.595. The van der Waals surface area contributed by atoms with Gasteiger partial charge in [-0.25, -0.2) is 0 Å². The predicted octanol–water partition coefficient (Wildman–Crippen LogP) is -0.396. The molecular weight excluding hydrogens is 360 g/mol. The maximum atomic E-state index is 13.2. The minimum Gasteiger partial charge on any atom is -0.394 e. The fourth-order valence-corrected chi connectivity index (χ4v) is 4.45. The lowest BCUT2D eigenvalue weighted by molar-refractivity contribution is -0.136. The van der Waals surface area contributed by atoms with Crippen molar-refractivity contribution in [1.29, 1.82) is 0 Å². The topological polar surface area (TPSA) is 102 Å². The summed E-state index contributed by atoms with van der Waals surface area (Å²) in [6, 6.07) is 5.24. The Kier molecular flexibility index (Phi) is 4.95. The van der Waals surface area contributed by atoms with Crippen LogP contribution in [0, 0.1) is 0 Å². The Bertz CT molecular complexity index is 826. The zero-order valence-corrected chi connectivity index (χ0v) is 16.0. The van der Waals surface area contributed by atoms with Crippen LogP contribution in [0.15, 0.2) is 18.2 Å². The molecule has 3 aliphatic rings. The molecule has 0 aliphatic carbocycles. The average Bonchev–Trinajstić information content (AvgIpc) is 2.99. The number of aliphatic hydroxyl groups excluding tert-OH is 1. The van der Waals surface area contributed by atoms with E-state index in [0.29, 0.717) is 31.6 Å². The number of amides is 3. The molecule has 28 heavy (non-hydrogen) atoms. The molecule has 0 spiro atoms. The van der Waals surface area contributed by atoms with Crippen molar-refractivity contribution in [3.05, 3.63) is 34.9 Å². The van der Waals surface area contributed by atoms with Crippen molar-refractivity contribution in [1.82, 2.24) is 20.4 Å². The van der Waals surface area contributed by atoms with E-state index in [0.717, 1.165) is 24.2 Å². The quantitative estimate of drug-likeness (QED) is 0.609. The number of nitrogens with zero attached hydrogens (tertiary/aromatic N) is 2. The van der Waals surface area contributed by atoms with Crippen LogP contribution in [-0.4, -0.2) is 70.4 Å². The fourth-order valence-electron chi connectivity index (χ4n) is 4.45. The molecule has 0 bridgehead atoms. The number of nitrogens with one attached hydrogen (secondary N) is 2. The predicted molar refractivity (Wildman–Crippen MR) is 101 cm³/mol. The van der Waals surface area contributed by atoms with Crippen molar-refractivity contribution < 1.29 is 19.5 Å². The van der Waals surface area contributed by atoms with Crippen LogP contribution < -0.4 is 10.6 Å². The summed E-state index contributed by atoms with van der Waals surface area (Å²) in [6.45, 7) is 5.37. The first-order chi connectivity index (χ1) is 13.4. The Balaban J connectivity index is 1.54. The highest BCUT2D eigenvalue weighted by Gasteiger charge is 2.40. The summed E-state index contributed by atoms with van der Waals surface area (Å²) < 4.78 is 0. The van der Waals surface area contributed by atoms with Crippen molar-refractivity contribution in [2.75, 3.05) is 26.2 Å². The third-order valence-corrected chi connectivity index (χ3v) is 5.93. The van der Waals surface area contributed by atoms with Gasteiger partial charge in [0.25, 0.3) is 5.91 Å². The highest BCUT2D eigenvalue weighted by molar-refractivity contribution is 6.05. The number of hydrogen-bond donors (Lipinski definition) is 3. The van der Waals surface area contributed by atoms with Gasteiger partial charge in [-0.05, 0) is 24.5 Å². The molecule has 4 rings (SSSR count). The monoisotopic (exact) mass is 386 g/mol. The number of hydrogen-bond acceptors (Lipinski definition) is 6. The molecule has 0 aromatic heterocycles. The second-order valence-electron chi connectivity index (χ2n) is 8.21. The first-order valence-corrected chi connectivity index (χ1v) is 9.74. The van der Waals surface area contributed by atoms with Crippen molar-refractivity contribution >= 4 is 17.7 Å². The summed E-state index contributed by atoms with van der Waals surface area (Å²) in [6.07, 6.45) is 0.621. The molecule has 1 aromatic rings. The van der Waals surface area contributed by atoms with Gasteiger partial charge in [-0.2, -0.15) is 0 Å². The van der Waals surface area contributed by atoms with E-state index >= 15 is 0 Å². The maximum Gasteiger partial charge on any atom is 0.255 e. The van der Waals surface area contributed by atoms with E-state index in [1.807, 2.05) is 25.1 Å². The number of aliphatic hydroxyl groups is 1. The molecule has 3 amide bonds. The molecular formula is C20H26N4O4. The Morgan fingerprint density at radius 1 is 1.29 bits per heavy atom. The highest BCUT2D eigenvalue weighted by atomic mass is 16.3. The lowest BCUT2D eigenvalue weighted by Gasteiger charge is -2.40. The van der Waals surface area contributed by atoms with Gasteiger partial charge in [-0.3, -0.25) is 24.6 Å². The number of carbonyl (C=O) groups excluding carboxylic acids is 3. The fraction of sp³-hybridized carbons (Fsp3) is 0.550. The van der Waals surface area contributed by atoms with E-state index in [9.17, 15) is 19.5 Å². The van der Waals surface area contributed by atoms with Crippen molar-refractivity contribution in [3.8, 4) is 0 Å². The number of carbonyl (C=O) groups is 3. The van der Waals surface area contributed by atoms with E-state index in [1.54, 1.807) is 4.90 Å². The van der Waals surface area contributed by atoms with Crippen LogP contribution in [0.5, 0.6) is 0 Å². The van der Waals surface area contributed by atoms with E-state index in [1.165, 1.54) is 0 Å². The number of piperidine rings is 1. The zero-order valence-electron chi connectivity index (χ0n) is 16.0. The van der Waals surface area contributed by atoms with Gasteiger partial charge in [0, 0.05) is 44.7 Å². The maximum absolute atomic E-state index is 13.2. The second-order valence-corrected chi connectivity index (χ2v) is 8.21. The molecule has 2 fully saturated rings. The molecule has 150 valence electrons. The Morgan fingerprint density at radius 3 is 2.86 bits per heavy atom. The highest BCUT2D eigenvalue weighted by Crippen LogP contribution is 2.30. The number of piperazine rings is 1. The first kappa shape index (κ1) is 19.0. The molecule has 0 radical (unpaired) electrons. The van der Waals surface area contributed by atoms with Gasteiger partial charge in [-0.1, -0.05) is 18.2 Å². The molecule has 1 aromatic carbocycles. The Morgan fingerprint density at radius 2 is 2.11 bits per heavy atom. The molecule has 0 saturated carbocycles. The summed E-state index contributed by atoms with van der Waals surface area (Å²) in [7, 11) is 0. The van der Waals surface area contributed by atoms with E-state index in [2.05, 4.69) is 15.5 Å². The van der Waals surface area contributed by atoms with Gasteiger partial charge >= 0.3 is 0 Å². The standard InChI is InChI=1S/C20H26N4O4/c1-20(12-25)11-23(8-7-21-20)9-13-3-2-4-14-10-24(19(28)17(13)14)15-5-6-16(26)22-18(15)27/h2-4,15,21,25H,5-12H2,1H3,(H,22,26,27). The SMILES string of the molecule is CC1(CO)CN(Cc2cccc3c2C(=O)N(C2CCC(=O)NC2=O)C3)CCN1. The average molecular weight is 386 g/mol. The van der Waals surface area contributed by atoms with Gasteiger partial charge in [0.15, 0.2) is 0 Å². The van der Waals surface area contributed by atoms with Crippen LogP contribution >= 0.6 is 0 Å². The first-order valence-electron chi connectivity index (χ1n) is 9.74. The van der Waals surface area contributed by atoms with Gasteiger partial charge in [0.2, 0.25) is 11.8 Å². The van der Waals surface area contributed by atoms with Crippen LogP contribution in [0.4, 0.5) is 0 Å². The number of imide groups is 1. The molecule has 8 heteroatoms. The third-order valence-electron chi connectivity index (χ3n) is 5.93. The summed E-state index contributed by atoms with van der Waals surface area (Å²) in [5.74, 6) is -0.809. The molecule has 3 aliphatic heterocycles. The van der Waals surface area contributed by atoms with Gasteiger partial charge in [0.1, 0.15) is 6.04 Å². The zero-order chi connectivity index (χ0) is 19.9. The lowest BCUT2D eigenvalue weighted by atomic mass is 9.98. The second kappa shape index (κ2) is 7.27. The molecule has 3 N–H and O–H groups in total. The Labute approximate surface area is 163 Å². The molecule has 3 heterocycles. The van der Waals surface area contributed by atoms with Crippen molar-refractivity contribution in [3.63, 3.8) is 0 Å². The molecule has 2 unspecified atom stereocenters. The van der Waals surface area contributed by atoms with E-state index in [4.69, 9.17) is 0 Å². The molecule has 2 atom stereocenters.